The van der Waals surface area contributed by atoms with E-state index in [9.17, 15) is 149 Å². The molecule has 11 amide bonds. The molecule has 147 heavy (non-hydrogen) atoms. The van der Waals surface area contributed by atoms with Gasteiger partial charge in [-0.05, 0) is 120 Å². The molecule has 0 spiro atoms. The lowest BCUT2D eigenvalue weighted by atomic mass is 9.87. The molecule has 846 valence electrons. The van der Waals surface area contributed by atoms with Gasteiger partial charge in [-0.15, -0.1) is 0 Å². The molecular formula is C94H163N11O42. The van der Waals surface area contributed by atoms with Gasteiger partial charge in [0.05, 0.1) is 112 Å². The van der Waals surface area contributed by atoms with Crippen molar-refractivity contribution in [1.29, 1.82) is 0 Å². The molecular weight excluding hydrogens is 1960 g/mol. The maximum Gasteiger partial charge on any atom is 0.225 e. The van der Waals surface area contributed by atoms with E-state index in [-0.39, 0.29) is 205 Å². The number of hydrogen-bond donors (Lipinski definition) is 26. The summed E-state index contributed by atoms with van der Waals surface area (Å²) in [6.07, 6.45) is -31.4. The Morgan fingerprint density at radius 2 is 0.415 bits per heavy atom. The Hall–Kier alpha value is -7.36. The maximum absolute atomic E-state index is 13.2. The zero-order chi connectivity index (χ0) is 109. The van der Waals surface area contributed by atoms with Gasteiger partial charge in [-0.25, -0.2) is 0 Å². The first-order valence-corrected chi connectivity index (χ1v) is 51.2. The summed E-state index contributed by atoms with van der Waals surface area (Å²) < 4.78 is 65.2. The fourth-order valence-electron chi connectivity index (χ4n) is 18.1. The first kappa shape index (κ1) is 127. The van der Waals surface area contributed by atoms with Crippen LogP contribution in [0.4, 0.5) is 0 Å². The minimum Gasteiger partial charge on any atom is -0.388 e. The SMILES string of the molecule is CCCC(=O)CCCCC(=O)N1C[C@H](C(=O)NCCO[C@@H]2O[C@@H](C)[C@@H](O)[C@@H](O)[C@@H]2O)C[C@H](C(=O)NCCO[C@@H]2O[C@@H](C)[C@@H](O)[C@@H](O)[C@@H]2O)C1.CCNC(=O)CCCCC(=O)N1C[C@H](C(=O)NCCO[C@@H]2O[C@@H](C)[C@@H](O)[C@@H](O)[C@@H]2O)C[C@H](C(=O)NCCO[C@@H]2O[C@@H](C)[C@@H](O)[C@@H](O)[C@@H]2O)C1.CCNC(=O)CCCCC(=O)N1C[C@H](C(=O)NCCO[C@@H]2O[C@@H](C)[C@@H](O)[C@@H](O)[C@@H]2O)C[C@H](C(=O)NCCO[C@@H]2O[C@@H](C)[C@@H](O)[C@@H](O)[C@@H]2O)C1. The highest BCUT2D eigenvalue weighted by Gasteiger charge is 2.50. The molecule has 26 N–H and O–H groups in total. The molecule has 9 aliphatic heterocycles. The molecule has 0 aromatic heterocycles. The van der Waals surface area contributed by atoms with Crippen LogP contribution in [0.5, 0.6) is 0 Å². The van der Waals surface area contributed by atoms with E-state index < -0.39 is 255 Å². The van der Waals surface area contributed by atoms with Crippen molar-refractivity contribution in [2.24, 2.45) is 35.5 Å². The van der Waals surface area contributed by atoms with E-state index in [0.29, 0.717) is 64.5 Å². The number of hydrogen-bond acceptors (Lipinski definition) is 42. The Labute approximate surface area is 853 Å². The van der Waals surface area contributed by atoms with Gasteiger partial charge in [0.15, 0.2) is 37.7 Å². The van der Waals surface area contributed by atoms with E-state index in [4.69, 9.17) is 56.8 Å². The minimum absolute atomic E-state index is 0.00229. The number of nitrogens with one attached hydrogen (secondary N) is 8. The highest BCUT2D eigenvalue weighted by atomic mass is 16.7. The molecule has 0 unspecified atom stereocenters. The average Bonchev–Trinajstić information content (AvgIpc) is 0.818. The number of carbonyl (C=O) groups is 12. The number of amides is 11. The van der Waals surface area contributed by atoms with Gasteiger partial charge < -0.3 is 206 Å². The fraction of sp³-hybridized carbons (Fsp3) is 0.872. The summed E-state index contributed by atoms with van der Waals surface area (Å²) in [5, 5.41) is 201. The molecule has 0 radical (unpaired) electrons. The van der Waals surface area contributed by atoms with Crippen molar-refractivity contribution in [3.63, 3.8) is 0 Å². The van der Waals surface area contributed by atoms with Crippen LogP contribution in [0.3, 0.4) is 0 Å². The van der Waals surface area contributed by atoms with Crippen molar-refractivity contribution in [3.05, 3.63) is 0 Å². The molecule has 53 nitrogen and oxygen atoms in total. The number of Topliss-reactive ketones (excluding diaryl/α,β-unsaturated/α-hetero) is 1. The second-order valence-electron chi connectivity index (χ2n) is 38.7. The molecule has 53 heteroatoms. The van der Waals surface area contributed by atoms with Crippen LogP contribution >= 0.6 is 0 Å². The van der Waals surface area contributed by atoms with Crippen LogP contribution in [0.1, 0.15) is 171 Å². The highest BCUT2D eigenvalue weighted by Crippen LogP contribution is 2.33. The van der Waals surface area contributed by atoms with Gasteiger partial charge >= 0.3 is 0 Å². The Balaban J connectivity index is 0.000000299. The molecule has 36 atom stereocenters. The smallest absolute Gasteiger partial charge is 0.225 e. The van der Waals surface area contributed by atoms with E-state index in [1.54, 1.807) is 0 Å². The molecule has 0 aliphatic carbocycles. The van der Waals surface area contributed by atoms with E-state index in [1.807, 2.05) is 20.8 Å². The summed E-state index contributed by atoms with van der Waals surface area (Å²) in [6.45, 7) is 15.6. The summed E-state index contributed by atoms with van der Waals surface area (Å²) in [5.41, 5.74) is 0. The normalized spacial score (nSPS) is 35.0. The van der Waals surface area contributed by atoms with Crippen molar-refractivity contribution >= 4 is 70.8 Å². The van der Waals surface area contributed by atoms with Crippen LogP contribution in [0.25, 0.3) is 0 Å². The van der Waals surface area contributed by atoms with Crippen LogP contribution in [-0.4, -0.2) is 493 Å². The number of piperidine rings is 3. The molecule has 9 saturated heterocycles. The topological polar surface area (TPSA) is 786 Å². The zero-order valence-electron chi connectivity index (χ0n) is 85.1. The zero-order valence-corrected chi connectivity index (χ0v) is 85.1. The molecule has 0 bridgehead atoms. The average molecular weight is 2120 g/mol. The van der Waals surface area contributed by atoms with Crippen molar-refractivity contribution in [3.8, 4) is 0 Å². The van der Waals surface area contributed by atoms with Gasteiger partial charge in [0.1, 0.15) is 116 Å². The quantitative estimate of drug-likeness (QED) is 0.0252. The minimum atomic E-state index is -1.49. The van der Waals surface area contributed by atoms with Crippen molar-refractivity contribution in [1.82, 2.24) is 57.2 Å². The maximum atomic E-state index is 13.2. The number of aliphatic hydroxyl groups is 18. The van der Waals surface area contributed by atoms with Crippen molar-refractivity contribution < 1.29 is 206 Å². The lowest BCUT2D eigenvalue weighted by Gasteiger charge is -2.39. The third-order valence-electron chi connectivity index (χ3n) is 27.0. The molecule has 0 saturated carbocycles. The Morgan fingerprint density at radius 1 is 0.238 bits per heavy atom. The van der Waals surface area contributed by atoms with Crippen LogP contribution in [0.15, 0.2) is 0 Å². The van der Waals surface area contributed by atoms with Crippen molar-refractivity contribution in [2.75, 3.05) is 131 Å². The van der Waals surface area contributed by atoms with E-state index in [1.165, 1.54) is 56.2 Å². The van der Waals surface area contributed by atoms with Crippen LogP contribution in [-0.2, 0) is 114 Å². The third-order valence-corrected chi connectivity index (χ3v) is 27.0. The number of unbranched alkanes of at least 4 members (excludes halogenated alkanes) is 3. The molecule has 0 aromatic carbocycles. The van der Waals surface area contributed by atoms with Gasteiger partial charge in [0.2, 0.25) is 65.0 Å². The lowest BCUT2D eigenvalue weighted by Crippen LogP contribution is -2.57. The lowest BCUT2D eigenvalue weighted by molar-refractivity contribution is -0.292. The number of aliphatic hydroxyl groups excluding tert-OH is 18. The summed E-state index contributed by atoms with van der Waals surface area (Å²) in [4.78, 5) is 159. The monoisotopic (exact) mass is 2120 g/mol. The highest BCUT2D eigenvalue weighted by molar-refractivity contribution is 5.88. The second-order valence-corrected chi connectivity index (χ2v) is 38.7. The van der Waals surface area contributed by atoms with E-state index in [0.717, 1.165) is 6.42 Å². The summed E-state index contributed by atoms with van der Waals surface area (Å²) >= 11 is 0. The van der Waals surface area contributed by atoms with Gasteiger partial charge in [0, 0.05) is 137 Å². The predicted octanol–water partition coefficient (Wildman–Crippen LogP) is -10.6. The third kappa shape index (κ3) is 39.3. The molecule has 9 rings (SSSR count). The first-order valence-electron chi connectivity index (χ1n) is 51.2. The van der Waals surface area contributed by atoms with E-state index >= 15 is 0 Å². The largest absolute Gasteiger partial charge is 0.388 e. The predicted molar refractivity (Wildman–Crippen MR) is 505 cm³/mol. The summed E-state index contributed by atoms with van der Waals surface area (Å²) in [5.74, 6) is -7.77. The standard InChI is InChI=1S/C32H55N3O14.2C31H54N4O14/c1-4-7-21(36)8-5-6-9-22(37)35-15-19(29(44)33-10-12-46-31-27(42)25(40)23(38)17(2)48-31)14-20(16-35)30(45)34-11-13-47-32-28(43)26(41)24(39)18(3)49-32;2*1-4-32-20(36)7-5-6-8-21(37)35-14-18(28(44)33-9-11-46-30-26(42)24(40)22(38)16(2)48-30)13-19(15-35)29(45)34-10-12-47-31-27(43)25(41)23(39)17(3)49-31/h17-20,23-28,31-32,38-43H,4-16H2,1-3H3,(H,33,44)(H,34,45);2*16-19,22-27,30-31,38-43H,4-15H2,1-3H3,(H,32,36)(H,33,44)(H,34,45)/t17-,18-,19-,20+,23+,24+,25+,26+,27-,28-,31+,32+;2*16-,17-,18-,19+,22+,23+,24+,25+,26-,27-,30+,31+/m000/s1. The second kappa shape index (κ2) is 64.0. The van der Waals surface area contributed by atoms with Crippen LogP contribution < -0.4 is 42.5 Å². The number of nitrogens with zero attached hydrogens (tertiary/aromatic N) is 3. The number of ketones is 1. The Bertz CT molecular complexity index is 3460. The summed E-state index contributed by atoms with van der Waals surface area (Å²) in [6, 6.07) is 0. The molecule has 0 aromatic rings. The Kier molecular flexibility index (Phi) is 55.1. The fourth-order valence-corrected chi connectivity index (χ4v) is 18.1. The number of rotatable bonds is 49. The molecule has 9 fully saturated rings. The van der Waals surface area contributed by atoms with Gasteiger partial charge in [-0.1, -0.05) is 6.92 Å². The van der Waals surface area contributed by atoms with Crippen LogP contribution in [0.2, 0.25) is 0 Å². The van der Waals surface area contributed by atoms with Gasteiger partial charge in [0.25, 0.3) is 0 Å². The summed E-state index contributed by atoms with van der Waals surface area (Å²) in [7, 11) is 0. The molecule has 9 aliphatic rings. The van der Waals surface area contributed by atoms with Gasteiger partial charge in [-0.3, -0.25) is 57.5 Å². The number of ether oxygens (including phenoxy) is 12. The van der Waals surface area contributed by atoms with Gasteiger partial charge in [-0.2, -0.15) is 0 Å². The first-order chi connectivity index (χ1) is 69.7. The Morgan fingerprint density at radius 3 is 0.592 bits per heavy atom. The molecule has 9 heterocycles. The number of likely N-dealkylation sites (tertiary alicyclic amines) is 3. The van der Waals surface area contributed by atoms with Crippen LogP contribution in [0, 0.1) is 35.5 Å². The van der Waals surface area contributed by atoms with E-state index in [2.05, 4.69) is 42.5 Å². The van der Waals surface area contributed by atoms with Crippen molar-refractivity contribution in [2.45, 2.75) is 356 Å². The number of carbonyl (C=O) groups excluding carboxylic acids is 12.